The molecule has 0 aromatic heterocycles. The smallest absolute Gasteiger partial charge is 0.132 e. The molecular weight excluding hydrogens is 316 g/mol. The van der Waals surface area contributed by atoms with Crippen molar-refractivity contribution in [1.82, 2.24) is 0 Å². The minimum Gasteiger partial charge on any atom is -0.386 e. The third-order valence-corrected chi connectivity index (χ3v) is 3.38. The monoisotopic (exact) mass is 327 g/mol. The maximum atomic E-state index is 13.5. The first-order valence-electron chi connectivity index (χ1n) is 5.70. The number of aliphatic hydroxyl groups is 1. The van der Waals surface area contributed by atoms with Gasteiger partial charge in [-0.1, -0.05) is 18.2 Å². The molecule has 2 aromatic carbocycles. The number of halogens is 3. The van der Waals surface area contributed by atoms with Gasteiger partial charge >= 0.3 is 0 Å². The van der Waals surface area contributed by atoms with E-state index in [-0.39, 0.29) is 12.1 Å². The van der Waals surface area contributed by atoms with E-state index in [4.69, 9.17) is 0 Å². The molecule has 0 heterocycles. The number of aliphatic hydroxyl groups excluding tert-OH is 1. The minimum absolute atomic E-state index is 0.0144. The molecule has 1 unspecified atom stereocenters. The van der Waals surface area contributed by atoms with Crippen molar-refractivity contribution in [2.24, 2.45) is 0 Å². The van der Waals surface area contributed by atoms with Crippen LogP contribution in [0, 0.1) is 11.6 Å². The molecule has 2 rings (SSSR count). The van der Waals surface area contributed by atoms with Gasteiger partial charge in [0.15, 0.2) is 0 Å². The van der Waals surface area contributed by atoms with Crippen molar-refractivity contribution in [3.63, 3.8) is 0 Å². The van der Waals surface area contributed by atoms with Gasteiger partial charge in [-0.3, -0.25) is 0 Å². The van der Waals surface area contributed by atoms with Crippen molar-refractivity contribution in [3.8, 4) is 0 Å². The number of benzene rings is 2. The highest BCUT2D eigenvalue weighted by atomic mass is 79.9. The zero-order chi connectivity index (χ0) is 13.8. The molecule has 0 saturated carbocycles. The Morgan fingerprint density at radius 2 is 1.68 bits per heavy atom. The largest absolute Gasteiger partial charge is 0.386 e. The first-order valence-corrected chi connectivity index (χ1v) is 6.49. The lowest BCUT2D eigenvalue weighted by Crippen LogP contribution is -2.15. The van der Waals surface area contributed by atoms with Gasteiger partial charge in [-0.05, 0) is 40.2 Å². The average molecular weight is 328 g/mol. The lowest BCUT2D eigenvalue weighted by Gasteiger charge is -2.15. The van der Waals surface area contributed by atoms with E-state index < -0.39 is 17.7 Å². The van der Waals surface area contributed by atoms with Gasteiger partial charge in [0.05, 0.1) is 5.56 Å². The van der Waals surface area contributed by atoms with Crippen LogP contribution in [0.2, 0.25) is 0 Å². The molecule has 0 bridgehead atoms. The van der Waals surface area contributed by atoms with Crippen LogP contribution >= 0.6 is 15.9 Å². The Morgan fingerprint density at radius 1 is 1.05 bits per heavy atom. The normalized spacial score (nSPS) is 12.2. The van der Waals surface area contributed by atoms with Gasteiger partial charge in [-0.25, -0.2) is 8.78 Å². The topological polar surface area (TPSA) is 32.3 Å². The van der Waals surface area contributed by atoms with E-state index in [0.29, 0.717) is 0 Å². The molecule has 2 aromatic rings. The van der Waals surface area contributed by atoms with Crippen LogP contribution < -0.4 is 5.32 Å². The van der Waals surface area contributed by atoms with Gasteiger partial charge < -0.3 is 10.4 Å². The van der Waals surface area contributed by atoms with Crippen LogP contribution in [-0.2, 0) is 0 Å². The fraction of sp³-hybridized carbons (Fsp3) is 0.143. The molecule has 2 nitrogen and oxygen atoms in total. The summed E-state index contributed by atoms with van der Waals surface area (Å²) < 4.78 is 27.8. The van der Waals surface area contributed by atoms with Crippen molar-refractivity contribution < 1.29 is 13.9 Å². The molecule has 2 N–H and O–H groups in total. The molecular formula is C14H12BrF2NO. The van der Waals surface area contributed by atoms with E-state index in [2.05, 4.69) is 21.2 Å². The second-order valence-corrected chi connectivity index (χ2v) is 4.87. The van der Waals surface area contributed by atoms with Gasteiger partial charge in [0.2, 0.25) is 0 Å². The number of rotatable bonds is 4. The van der Waals surface area contributed by atoms with E-state index in [0.717, 1.165) is 22.3 Å². The van der Waals surface area contributed by atoms with Gasteiger partial charge in [0, 0.05) is 16.7 Å². The van der Waals surface area contributed by atoms with Crippen LogP contribution in [0.1, 0.15) is 11.7 Å². The van der Waals surface area contributed by atoms with Crippen molar-refractivity contribution >= 4 is 21.6 Å². The highest BCUT2D eigenvalue weighted by Crippen LogP contribution is 2.24. The maximum Gasteiger partial charge on any atom is 0.132 e. The van der Waals surface area contributed by atoms with Gasteiger partial charge in [-0.2, -0.15) is 0 Å². The van der Waals surface area contributed by atoms with E-state index in [1.807, 2.05) is 18.2 Å². The maximum absolute atomic E-state index is 13.5. The van der Waals surface area contributed by atoms with Gasteiger partial charge in [0.25, 0.3) is 0 Å². The van der Waals surface area contributed by atoms with Crippen molar-refractivity contribution in [2.75, 3.05) is 11.9 Å². The summed E-state index contributed by atoms with van der Waals surface area (Å²) in [6.07, 6.45) is -1.26. The molecule has 0 amide bonds. The first-order chi connectivity index (χ1) is 9.09. The third-order valence-electron chi connectivity index (χ3n) is 2.69. The fourth-order valence-electron chi connectivity index (χ4n) is 1.74. The lowest BCUT2D eigenvalue weighted by atomic mass is 10.1. The van der Waals surface area contributed by atoms with Crippen LogP contribution in [0.3, 0.4) is 0 Å². The molecule has 0 fully saturated rings. The summed E-state index contributed by atoms with van der Waals surface area (Å²) in [7, 11) is 0. The molecule has 19 heavy (non-hydrogen) atoms. The quantitative estimate of drug-likeness (QED) is 0.893. The summed E-state index contributed by atoms with van der Waals surface area (Å²) in [5.41, 5.74) is 0.431. The molecule has 1 atom stereocenters. The van der Waals surface area contributed by atoms with Gasteiger partial charge in [0.1, 0.15) is 17.7 Å². The minimum atomic E-state index is -1.26. The van der Waals surface area contributed by atoms with Crippen molar-refractivity contribution in [3.05, 3.63) is 64.1 Å². The molecule has 0 aliphatic heterocycles. The molecule has 0 aliphatic carbocycles. The number of para-hydroxylation sites is 1. The second kappa shape index (κ2) is 6.12. The molecule has 0 saturated heterocycles. The van der Waals surface area contributed by atoms with Crippen LogP contribution in [0.25, 0.3) is 0 Å². The Bertz CT molecular complexity index is 557. The van der Waals surface area contributed by atoms with Crippen LogP contribution in [0.5, 0.6) is 0 Å². The number of hydrogen-bond acceptors (Lipinski definition) is 2. The highest BCUT2D eigenvalue weighted by Gasteiger charge is 2.17. The second-order valence-electron chi connectivity index (χ2n) is 4.01. The predicted molar refractivity (Wildman–Crippen MR) is 73.9 cm³/mol. The first kappa shape index (κ1) is 14.0. The zero-order valence-corrected chi connectivity index (χ0v) is 11.5. The van der Waals surface area contributed by atoms with E-state index in [9.17, 15) is 13.9 Å². The zero-order valence-electron chi connectivity index (χ0n) is 9.91. The molecule has 5 heteroatoms. The fourth-order valence-corrected chi connectivity index (χ4v) is 2.17. The third kappa shape index (κ3) is 3.30. The standard InChI is InChI=1S/C14H12BrF2NO/c15-9-4-1-2-7-12(9)18-8-13(19)14-10(16)5-3-6-11(14)17/h1-7,13,18-19H,8H2. The summed E-state index contributed by atoms with van der Waals surface area (Å²) in [6.45, 7) is 0.0144. The Balaban J connectivity index is 2.10. The number of nitrogens with one attached hydrogen (secondary N) is 1. The van der Waals surface area contributed by atoms with E-state index >= 15 is 0 Å². The lowest BCUT2D eigenvalue weighted by molar-refractivity contribution is 0.181. The highest BCUT2D eigenvalue weighted by molar-refractivity contribution is 9.10. The average Bonchev–Trinajstić information content (AvgIpc) is 2.37. The summed E-state index contributed by atoms with van der Waals surface area (Å²) in [6, 6.07) is 10.8. The van der Waals surface area contributed by atoms with Crippen LogP contribution in [-0.4, -0.2) is 11.7 Å². The van der Waals surface area contributed by atoms with Crippen molar-refractivity contribution in [1.29, 1.82) is 0 Å². The Kier molecular flexibility index (Phi) is 4.50. The molecule has 0 spiro atoms. The van der Waals surface area contributed by atoms with Crippen LogP contribution in [0.4, 0.5) is 14.5 Å². The van der Waals surface area contributed by atoms with E-state index in [1.54, 1.807) is 6.07 Å². The Morgan fingerprint density at radius 3 is 2.32 bits per heavy atom. The summed E-state index contributed by atoms with van der Waals surface area (Å²) in [4.78, 5) is 0. The Labute approximate surface area is 118 Å². The summed E-state index contributed by atoms with van der Waals surface area (Å²) >= 11 is 3.34. The molecule has 0 aliphatic rings. The molecule has 0 radical (unpaired) electrons. The summed E-state index contributed by atoms with van der Waals surface area (Å²) in [5.74, 6) is -1.50. The van der Waals surface area contributed by atoms with E-state index in [1.165, 1.54) is 6.07 Å². The molecule has 100 valence electrons. The number of hydrogen-bond donors (Lipinski definition) is 2. The summed E-state index contributed by atoms with van der Waals surface area (Å²) in [5, 5.41) is 12.8. The van der Waals surface area contributed by atoms with Crippen molar-refractivity contribution in [2.45, 2.75) is 6.10 Å². The Hall–Kier alpha value is -1.46. The van der Waals surface area contributed by atoms with Gasteiger partial charge in [-0.15, -0.1) is 0 Å². The predicted octanol–water partition coefficient (Wildman–Crippen LogP) is 3.87. The number of anilines is 1. The van der Waals surface area contributed by atoms with Crippen LogP contribution in [0.15, 0.2) is 46.9 Å². The SMILES string of the molecule is OC(CNc1ccccc1Br)c1c(F)cccc1F.